The van der Waals surface area contributed by atoms with E-state index in [2.05, 4.69) is 33.4 Å². The molecule has 0 saturated carbocycles. The molecule has 1 aromatic heterocycles. The van der Waals surface area contributed by atoms with E-state index < -0.39 is 5.97 Å². The maximum Gasteiger partial charge on any atom is 0.307 e. The van der Waals surface area contributed by atoms with Gasteiger partial charge in [-0.3, -0.25) is 4.79 Å². The molecule has 0 unspecified atom stereocenters. The van der Waals surface area contributed by atoms with Gasteiger partial charge >= 0.3 is 5.97 Å². The fourth-order valence-corrected chi connectivity index (χ4v) is 4.59. The summed E-state index contributed by atoms with van der Waals surface area (Å²) in [6.07, 6.45) is 0.0108. The summed E-state index contributed by atoms with van der Waals surface area (Å²) in [5, 5.41) is 11.2. The second-order valence-corrected chi connectivity index (χ2v) is 8.68. The summed E-state index contributed by atoms with van der Waals surface area (Å²) in [5.74, 6) is -0.0227. The van der Waals surface area contributed by atoms with Gasteiger partial charge in [-0.25, -0.2) is 0 Å². The highest BCUT2D eigenvalue weighted by Crippen LogP contribution is 2.42. The Morgan fingerprint density at radius 3 is 2.50 bits per heavy atom. The van der Waals surface area contributed by atoms with E-state index in [1.807, 2.05) is 66.7 Å². The van der Waals surface area contributed by atoms with Gasteiger partial charge in [-0.05, 0) is 52.4 Å². The lowest BCUT2D eigenvalue weighted by molar-refractivity contribution is -0.136. The van der Waals surface area contributed by atoms with Crippen LogP contribution in [0.5, 0.6) is 5.75 Å². The molecule has 0 aliphatic heterocycles. The molecule has 0 aliphatic carbocycles. The molecule has 0 radical (unpaired) electrons. The van der Waals surface area contributed by atoms with E-state index in [1.54, 1.807) is 11.3 Å². The van der Waals surface area contributed by atoms with Gasteiger partial charge in [0.05, 0.1) is 6.42 Å². The van der Waals surface area contributed by atoms with Crippen LogP contribution >= 0.6 is 27.3 Å². The van der Waals surface area contributed by atoms with Crippen LogP contribution in [-0.4, -0.2) is 11.1 Å². The minimum atomic E-state index is -0.831. The number of carbonyl (C=O) groups is 1. The van der Waals surface area contributed by atoms with Crippen molar-refractivity contribution in [2.75, 3.05) is 0 Å². The number of rotatable bonds is 7. The maximum absolute atomic E-state index is 11.1. The number of halogens is 1. The number of carboxylic acid groups (broad SMARTS) is 1. The van der Waals surface area contributed by atoms with Gasteiger partial charge in [0.2, 0.25) is 0 Å². The monoisotopic (exact) mass is 478 g/mol. The van der Waals surface area contributed by atoms with Gasteiger partial charge in [-0.15, -0.1) is 11.3 Å². The molecule has 0 aliphatic rings. The molecule has 0 amide bonds. The summed E-state index contributed by atoms with van der Waals surface area (Å²) >= 11 is 5.22. The van der Waals surface area contributed by atoms with E-state index in [9.17, 15) is 4.79 Å². The lowest BCUT2D eigenvalue weighted by atomic mass is 10.00. The van der Waals surface area contributed by atoms with E-state index in [1.165, 1.54) is 0 Å². The van der Waals surface area contributed by atoms with E-state index in [-0.39, 0.29) is 6.42 Å². The lowest BCUT2D eigenvalue weighted by Crippen LogP contribution is -1.99. The van der Waals surface area contributed by atoms with Crippen LogP contribution < -0.4 is 4.74 Å². The number of hydrogen-bond acceptors (Lipinski definition) is 3. The number of hydrogen-bond donors (Lipinski definition) is 1. The average molecular weight is 479 g/mol. The molecule has 3 nitrogen and oxygen atoms in total. The van der Waals surface area contributed by atoms with Crippen LogP contribution in [-0.2, 0) is 17.8 Å². The minimum Gasteiger partial charge on any atom is -0.488 e. The topological polar surface area (TPSA) is 46.5 Å². The van der Waals surface area contributed by atoms with Gasteiger partial charge in [0.15, 0.2) is 0 Å². The van der Waals surface area contributed by atoms with Gasteiger partial charge in [0.25, 0.3) is 0 Å². The largest absolute Gasteiger partial charge is 0.488 e. The first kappa shape index (κ1) is 20.4. The summed E-state index contributed by atoms with van der Waals surface area (Å²) in [6.45, 7) is 0.489. The SMILES string of the molecule is O=C(O)Cc1cccc(-c2sccc2-c2cc(Br)ccc2OCc2ccccc2)c1. The third-order valence-electron chi connectivity index (χ3n) is 4.68. The summed E-state index contributed by atoms with van der Waals surface area (Å²) in [5.41, 5.74) is 4.97. The van der Waals surface area contributed by atoms with Crippen LogP contribution in [0.3, 0.4) is 0 Å². The summed E-state index contributed by atoms with van der Waals surface area (Å²) in [7, 11) is 0. The number of benzene rings is 3. The van der Waals surface area contributed by atoms with Gasteiger partial charge in [-0.1, -0.05) is 64.5 Å². The van der Waals surface area contributed by atoms with Crippen LogP contribution in [0, 0.1) is 0 Å². The second kappa shape index (κ2) is 9.28. The first-order valence-electron chi connectivity index (χ1n) is 9.45. The number of ether oxygens (including phenoxy) is 1. The first-order valence-corrected chi connectivity index (χ1v) is 11.1. The fourth-order valence-electron chi connectivity index (χ4n) is 3.32. The Morgan fingerprint density at radius 1 is 0.900 bits per heavy atom. The maximum atomic E-state index is 11.1. The number of thiophene rings is 1. The molecule has 0 fully saturated rings. The predicted octanol–water partition coefficient (Wildman–Crippen LogP) is 7.05. The summed E-state index contributed by atoms with van der Waals surface area (Å²) < 4.78 is 7.15. The smallest absolute Gasteiger partial charge is 0.307 e. The van der Waals surface area contributed by atoms with Crippen molar-refractivity contribution < 1.29 is 14.6 Å². The zero-order chi connectivity index (χ0) is 20.9. The van der Waals surface area contributed by atoms with Gasteiger partial charge in [0.1, 0.15) is 12.4 Å². The van der Waals surface area contributed by atoms with Crippen LogP contribution in [0.1, 0.15) is 11.1 Å². The third-order valence-corrected chi connectivity index (χ3v) is 6.14. The Balaban J connectivity index is 1.70. The highest BCUT2D eigenvalue weighted by atomic mass is 79.9. The molecular weight excluding hydrogens is 460 g/mol. The second-order valence-electron chi connectivity index (χ2n) is 6.85. The van der Waals surface area contributed by atoms with Crippen LogP contribution in [0.2, 0.25) is 0 Å². The average Bonchev–Trinajstić information content (AvgIpc) is 3.23. The molecule has 150 valence electrons. The molecule has 1 heterocycles. The standard InChI is InChI=1S/C25H19BrO3S/c26-20-9-10-23(29-16-17-5-2-1-3-6-17)22(15-20)21-11-12-30-25(21)19-8-4-7-18(13-19)14-24(27)28/h1-13,15H,14,16H2,(H,27,28). The molecule has 4 aromatic rings. The van der Waals surface area contributed by atoms with Crippen molar-refractivity contribution in [2.24, 2.45) is 0 Å². The highest BCUT2D eigenvalue weighted by molar-refractivity contribution is 9.10. The minimum absolute atomic E-state index is 0.0108. The highest BCUT2D eigenvalue weighted by Gasteiger charge is 2.15. The zero-order valence-corrected chi connectivity index (χ0v) is 18.4. The van der Waals surface area contributed by atoms with Crippen molar-refractivity contribution in [1.29, 1.82) is 0 Å². The van der Waals surface area contributed by atoms with Crippen molar-refractivity contribution >= 4 is 33.2 Å². The molecule has 3 aromatic carbocycles. The Labute approximate surface area is 187 Å². The van der Waals surface area contributed by atoms with E-state index >= 15 is 0 Å². The van der Waals surface area contributed by atoms with Crippen molar-refractivity contribution in [2.45, 2.75) is 13.0 Å². The van der Waals surface area contributed by atoms with E-state index in [0.29, 0.717) is 6.61 Å². The Hall–Kier alpha value is -2.89. The van der Waals surface area contributed by atoms with Gasteiger partial charge < -0.3 is 9.84 Å². The van der Waals surface area contributed by atoms with Crippen LogP contribution in [0.25, 0.3) is 21.6 Å². The third kappa shape index (κ3) is 4.81. The van der Waals surface area contributed by atoms with Gasteiger partial charge in [-0.2, -0.15) is 0 Å². The number of carboxylic acids is 1. The van der Waals surface area contributed by atoms with Gasteiger partial charge in [0, 0.05) is 20.5 Å². The molecule has 0 spiro atoms. The van der Waals surface area contributed by atoms with Crippen LogP contribution in [0.15, 0.2) is 88.7 Å². The molecule has 4 rings (SSSR count). The molecule has 1 N–H and O–H groups in total. The molecule has 0 bridgehead atoms. The van der Waals surface area contributed by atoms with E-state index in [0.717, 1.165) is 42.9 Å². The molecule has 5 heteroatoms. The Kier molecular flexibility index (Phi) is 6.31. The quantitative estimate of drug-likeness (QED) is 0.309. The number of aliphatic carboxylic acids is 1. The molecule has 30 heavy (non-hydrogen) atoms. The van der Waals surface area contributed by atoms with Crippen LogP contribution in [0.4, 0.5) is 0 Å². The van der Waals surface area contributed by atoms with E-state index in [4.69, 9.17) is 9.84 Å². The summed E-state index contributed by atoms with van der Waals surface area (Å²) in [4.78, 5) is 12.2. The predicted molar refractivity (Wildman–Crippen MR) is 125 cm³/mol. The normalized spacial score (nSPS) is 10.7. The van der Waals surface area contributed by atoms with Crippen molar-refractivity contribution in [3.63, 3.8) is 0 Å². The lowest BCUT2D eigenvalue weighted by Gasteiger charge is -2.13. The summed E-state index contributed by atoms with van der Waals surface area (Å²) in [6, 6.07) is 25.9. The van der Waals surface area contributed by atoms with Crippen molar-refractivity contribution in [1.82, 2.24) is 0 Å². The molecular formula is C25H19BrO3S. The zero-order valence-electron chi connectivity index (χ0n) is 16.0. The van der Waals surface area contributed by atoms with Crippen molar-refractivity contribution in [3.05, 3.63) is 99.8 Å². The molecule has 0 atom stereocenters. The molecule has 0 saturated heterocycles. The Bertz CT molecular complexity index is 1170. The van der Waals surface area contributed by atoms with Crippen molar-refractivity contribution in [3.8, 4) is 27.3 Å². The first-order chi connectivity index (χ1) is 14.6. The Morgan fingerprint density at radius 2 is 1.70 bits per heavy atom. The fraction of sp³-hybridized carbons (Fsp3) is 0.0800.